The van der Waals surface area contributed by atoms with E-state index in [-0.39, 0.29) is 0 Å². The number of nitrogens with zero attached hydrogens (tertiary/aromatic N) is 3. The summed E-state index contributed by atoms with van der Waals surface area (Å²) in [4.78, 5) is 4.50. The quantitative estimate of drug-likeness (QED) is 0.897. The monoisotopic (exact) mass is 244 g/mol. The van der Waals surface area contributed by atoms with E-state index in [1.807, 2.05) is 10.7 Å². The van der Waals surface area contributed by atoms with Gasteiger partial charge in [-0.2, -0.15) is 5.10 Å². The summed E-state index contributed by atoms with van der Waals surface area (Å²) in [6, 6.07) is 2.13. The summed E-state index contributed by atoms with van der Waals surface area (Å²) in [6.45, 7) is 6.45. The second-order valence-electron chi connectivity index (χ2n) is 5.50. The molecule has 0 saturated heterocycles. The minimum Gasteiger partial charge on any atom is -0.312 e. The van der Waals surface area contributed by atoms with Gasteiger partial charge in [0.25, 0.3) is 0 Å². The zero-order valence-electron chi connectivity index (χ0n) is 11.1. The van der Waals surface area contributed by atoms with Gasteiger partial charge in [0.05, 0.1) is 11.4 Å². The fourth-order valence-electron chi connectivity index (χ4n) is 2.47. The average Bonchev–Trinajstić information content (AvgIpc) is 2.79. The molecule has 0 fully saturated rings. The van der Waals surface area contributed by atoms with Crippen molar-refractivity contribution in [1.82, 2.24) is 19.9 Å². The van der Waals surface area contributed by atoms with Crippen LogP contribution < -0.4 is 5.32 Å². The summed E-state index contributed by atoms with van der Waals surface area (Å²) in [5.41, 5.74) is 4.78. The molecule has 0 radical (unpaired) electrons. The summed E-state index contributed by atoms with van der Waals surface area (Å²) < 4.78 is 2.05. The van der Waals surface area contributed by atoms with Crippen LogP contribution in [0.25, 0.3) is 5.65 Å². The Morgan fingerprint density at radius 3 is 3.17 bits per heavy atom. The minimum absolute atomic E-state index is 0.723. The first-order valence-electron chi connectivity index (χ1n) is 6.80. The molecule has 1 aliphatic heterocycles. The highest BCUT2D eigenvalue weighted by Gasteiger charge is 2.14. The SMILES string of the molecule is CC(C)CCc1cc2ncc3c(n2n1)CCNC3. The summed E-state index contributed by atoms with van der Waals surface area (Å²) in [7, 11) is 0. The molecule has 96 valence electrons. The number of rotatable bonds is 3. The van der Waals surface area contributed by atoms with Crippen LogP contribution in [0.5, 0.6) is 0 Å². The van der Waals surface area contributed by atoms with E-state index in [0.29, 0.717) is 0 Å². The number of hydrogen-bond acceptors (Lipinski definition) is 3. The van der Waals surface area contributed by atoms with Crippen molar-refractivity contribution in [2.75, 3.05) is 6.54 Å². The summed E-state index contributed by atoms with van der Waals surface area (Å²) in [5.74, 6) is 0.723. The first-order valence-corrected chi connectivity index (χ1v) is 6.80. The van der Waals surface area contributed by atoms with Crippen LogP contribution in [0.1, 0.15) is 37.2 Å². The van der Waals surface area contributed by atoms with Crippen molar-refractivity contribution in [3.05, 3.63) is 29.2 Å². The van der Waals surface area contributed by atoms with Crippen LogP contribution in [0.4, 0.5) is 0 Å². The maximum atomic E-state index is 4.72. The third kappa shape index (κ3) is 2.12. The third-order valence-corrected chi connectivity index (χ3v) is 3.55. The molecule has 0 saturated carbocycles. The molecule has 0 aliphatic carbocycles. The standard InChI is InChI=1S/C14H20N4/c1-10(2)3-4-12-7-14-16-9-11-8-15-6-5-13(11)18(14)17-12/h7,9-10,15H,3-6,8H2,1-2H3. The molecular formula is C14H20N4. The Morgan fingerprint density at radius 2 is 2.33 bits per heavy atom. The zero-order chi connectivity index (χ0) is 12.5. The van der Waals surface area contributed by atoms with Crippen LogP contribution >= 0.6 is 0 Å². The van der Waals surface area contributed by atoms with E-state index in [1.54, 1.807) is 0 Å². The van der Waals surface area contributed by atoms with Gasteiger partial charge in [0.2, 0.25) is 0 Å². The van der Waals surface area contributed by atoms with Gasteiger partial charge < -0.3 is 5.32 Å². The lowest BCUT2D eigenvalue weighted by molar-refractivity contribution is 0.575. The second-order valence-corrected chi connectivity index (χ2v) is 5.50. The Labute approximate surface area is 107 Å². The van der Waals surface area contributed by atoms with Crippen LogP contribution in [0.2, 0.25) is 0 Å². The molecule has 0 atom stereocenters. The van der Waals surface area contributed by atoms with Crippen molar-refractivity contribution in [2.24, 2.45) is 5.92 Å². The largest absolute Gasteiger partial charge is 0.312 e. The van der Waals surface area contributed by atoms with Crippen LogP contribution in [-0.4, -0.2) is 21.1 Å². The lowest BCUT2D eigenvalue weighted by atomic mass is 10.1. The molecule has 2 aromatic rings. The lowest BCUT2D eigenvalue weighted by Gasteiger charge is -2.16. The molecule has 2 aromatic heterocycles. The maximum absolute atomic E-state index is 4.72. The normalized spacial score (nSPS) is 15.3. The van der Waals surface area contributed by atoms with Crippen molar-refractivity contribution in [1.29, 1.82) is 0 Å². The van der Waals surface area contributed by atoms with E-state index in [2.05, 4.69) is 30.2 Å². The fraction of sp³-hybridized carbons (Fsp3) is 0.571. The Balaban J connectivity index is 1.96. The highest BCUT2D eigenvalue weighted by atomic mass is 15.3. The molecule has 1 aliphatic rings. The predicted octanol–water partition coefficient (Wildman–Crippen LogP) is 1.96. The van der Waals surface area contributed by atoms with Gasteiger partial charge in [-0.25, -0.2) is 9.50 Å². The van der Waals surface area contributed by atoms with Gasteiger partial charge >= 0.3 is 0 Å². The van der Waals surface area contributed by atoms with Crippen molar-refractivity contribution in [2.45, 2.75) is 39.7 Å². The molecular weight excluding hydrogens is 224 g/mol. The van der Waals surface area contributed by atoms with E-state index >= 15 is 0 Å². The van der Waals surface area contributed by atoms with Crippen molar-refractivity contribution in [3.63, 3.8) is 0 Å². The molecule has 0 bridgehead atoms. The molecule has 1 N–H and O–H groups in total. The Kier molecular flexibility index (Phi) is 3.04. The Bertz CT molecular complexity index is 556. The van der Waals surface area contributed by atoms with Crippen molar-refractivity contribution in [3.8, 4) is 0 Å². The van der Waals surface area contributed by atoms with Gasteiger partial charge in [-0.1, -0.05) is 13.8 Å². The molecule has 3 heterocycles. The van der Waals surface area contributed by atoms with Gasteiger partial charge in [0.15, 0.2) is 5.65 Å². The molecule has 0 unspecified atom stereocenters. The number of fused-ring (bicyclic) bond motifs is 3. The number of aryl methyl sites for hydroxylation is 1. The number of aromatic nitrogens is 3. The first kappa shape index (κ1) is 11.7. The van der Waals surface area contributed by atoms with Gasteiger partial charge in [-0.3, -0.25) is 0 Å². The summed E-state index contributed by atoms with van der Waals surface area (Å²) >= 11 is 0. The van der Waals surface area contributed by atoms with E-state index < -0.39 is 0 Å². The fourth-order valence-corrected chi connectivity index (χ4v) is 2.47. The predicted molar refractivity (Wildman–Crippen MR) is 71.6 cm³/mol. The zero-order valence-corrected chi connectivity index (χ0v) is 11.1. The minimum atomic E-state index is 0.723. The van der Waals surface area contributed by atoms with Gasteiger partial charge in [-0.05, 0) is 18.8 Å². The van der Waals surface area contributed by atoms with Crippen molar-refractivity contribution >= 4 is 5.65 Å². The number of hydrogen-bond donors (Lipinski definition) is 1. The van der Waals surface area contributed by atoms with Crippen LogP contribution in [0.15, 0.2) is 12.3 Å². The smallest absolute Gasteiger partial charge is 0.155 e. The van der Waals surface area contributed by atoms with E-state index in [0.717, 1.165) is 37.5 Å². The van der Waals surface area contributed by atoms with Gasteiger partial charge in [-0.15, -0.1) is 0 Å². The van der Waals surface area contributed by atoms with Gasteiger partial charge in [0.1, 0.15) is 0 Å². The summed E-state index contributed by atoms with van der Waals surface area (Å²) in [6.07, 6.45) is 5.27. The molecule has 4 heteroatoms. The molecule has 0 amide bonds. The van der Waals surface area contributed by atoms with Crippen LogP contribution in [0, 0.1) is 5.92 Å². The molecule has 0 aromatic carbocycles. The topological polar surface area (TPSA) is 42.2 Å². The Hall–Kier alpha value is -1.42. The number of nitrogens with one attached hydrogen (secondary N) is 1. The van der Waals surface area contributed by atoms with Crippen molar-refractivity contribution < 1.29 is 0 Å². The molecule has 3 rings (SSSR count). The highest BCUT2D eigenvalue weighted by Crippen LogP contribution is 2.16. The highest BCUT2D eigenvalue weighted by molar-refractivity contribution is 5.42. The third-order valence-electron chi connectivity index (χ3n) is 3.55. The molecule has 4 nitrogen and oxygen atoms in total. The van der Waals surface area contributed by atoms with Crippen LogP contribution in [-0.2, 0) is 19.4 Å². The van der Waals surface area contributed by atoms with E-state index in [9.17, 15) is 0 Å². The second kappa shape index (κ2) is 4.69. The summed E-state index contributed by atoms with van der Waals surface area (Å²) in [5, 5.41) is 8.10. The Morgan fingerprint density at radius 1 is 1.44 bits per heavy atom. The van der Waals surface area contributed by atoms with Gasteiger partial charge in [0, 0.05) is 37.3 Å². The van der Waals surface area contributed by atoms with Crippen LogP contribution in [0.3, 0.4) is 0 Å². The van der Waals surface area contributed by atoms with E-state index in [1.165, 1.54) is 23.4 Å². The maximum Gasteiger partial charge on any atom is 0.155 e. The van der Waals surface area contributed by atoms with E-state index in [4.69, 9.17) is 5.10 Å². The molecule has 0 spiro atoms. The molecule has 18 heavy (non-hydrogen) atoms. The first-order chi connectivity index (χ1) is 8.74. The lowest BCUT2D eigenvalue weighted by Crippen LogP contribution is -2.26. The average molecular weight is 244 g/mol.